The Bertz CT molecular complexity index is 1180. The number of carbonyl (C=O) groups excluding carboxylic acids is 1. The molecule has 7 nitrogen and oxygen atoms in total. The number of amides is 1. The van der Waals surface area contributed by atoms with Crippen molar-refractivity contribution in [3.05, 3.63) is 62.0 Å². The minimum Gasteiger partial charge on any atom is -0.350 e. The molecule has 0 aliphatic carbocycles. The van der Waals surface area contributed by atoms with E-state index in [1.165, 1.54) is 0 Å². The Labute approximate surface area is 162 Å². The van der Waals surface area contributed by atoms with Crippen molar-refractivity contribution in [2.24, 2.45) is 0 Å². The Morgan fingerprint density at radius 3 is 2.89 bits per heavy atom. The van der Waals surface area contributed by atoms with Gasteiger partial charge in [0.1, 0.15) is 12.1 Å². The number of thiophene rings is 1. The molecule has 0 saturated carbocycles. The van der Waals surface area contributed by atoms with Gasteiger partial charge in [0.2, 0.25) is 5.91 Å². The minimum absolute atomic E-state index is 0.166. The summed E-state index contributed by atoms with van der Waals surface area (Å²) in [7, 11) is 0. The molecule has 3 heterocycles. The van der Waals surface area contributed by atoms with E-state index in [9.17, 15) is 9.59 Å². The molecule has 1 N–H and O–H groups in total. The van der Waals surface area contributed by atoms with Crippen LogP contribution < -0.4 is 10.9 Å². The second-order valence-electron chi connectivity index (χ2n) is 5.86. The molecule has 9 heteroatoms. The number of fused-ring (bicyclic) bond motifs is 1. The summed E-state index contributed by atoms with van der Waals surface area (Å²) >= 11 is 3.20. The van der Waals surface area contributed by atoms with E-state index >= 15 is 0 Å². The number of hydrogen-bond donors (Lipinski definition) is 1. The minimum atomic E-state index is -0.326. The van der Waals surface area contributed by atoms with Gasteiger partial charge in [0.25, 0.3) is 5.56 Å². The number of nitrogens with zero attached hydrogens (tertiary/aromatic N) is 4. The van der Waals surface area contributed by atoms with Crippen molar-refractivity contribution in [1.29, 1.82) is 0 Å². The zero-order valence-electron chi connectivity index (χ0n) is 14.4. The van der Waals surface area contributed by atoms with Crippen LogP contribution in [0, 0.1) is 6.92 Å². The first-order chi connectivity index (χ1) is 13.1. The molecule has 136 valence electrons. The largest absolute Gasteiger partial charge is 0.350 e. The monoisotopic (exact) mass is 397 g/mol. The summed E-state index contributed by atoms with van der Waals surface area (Å²) in [4.78, 5) is 31.1. The third-order valence-electron chi connectivity index (χ3n) is 3.92. The summed E-state index contributed by atoms with van der Waals surface area (Å²) in [5.41, 5.74) is 1.15. The Morgan fingerprint density at radius 2 is 2.07 bits per heavy atom. The van der Waals surface area contributed by atoms with Crippen molar-refractivity contribution in [3.8, 4) is 10.6 Å². The van der Waals surface area contributed by atoms with Gasteiger partial charge in [-0.15, -0.1) is 27.8 Å². The first kappa shape index (κ1) is 17.5. The van der Waals surface area contributed by atoms with Gasteiger partial charge in [0, 0.05) is 10.3 Å². The molecular weight excluding hydrogens is 382 g/mol. The maximum absolute atomic E-state index is 12.4. The molecule has 0 radical (unpaired) electrons. The molecule has 4 aromatic rings. The lowest BCUT2D eigenvalue weighted by Crippen LogP contribution is -2.33. The molecule has 0 aliphatic rings. The number of benzene rings is 1. The normalized spacial score (nSPS) is 11.0. The topological polar surface area (TPSA) is 89.8 Å². The second-order valence-corrected chi connectivity index (χ2v) is 8.09. The predicted molar refractivity (Wildman–Crippen MR) is 106 cm³/mol. The molecule has 1 amide bonds. The molecule has 0 atom stereocenters. The van der Waals surface area contributed by atoms with Crippen LogP contribution in [0.1, 0.15) is 9.88 Å². The molecular formula is C18H15N5O2S2. The van der Waals surface area contributed by atoms with Crippen LogP contribution in [-0.2, 0) is 17.9 Å². The third kappa shape index (κ3) is 3.79. The van der Waals surface area contributed by atoms with Crippen molar-refractivity contribution in [2.45, 2.75) is 20.0 Å². The van der Waals surface area contributed by atoms with Crippen LogP contribution in [-0.4, -0.2) is 25.9 Å². The van der Waals surface area contributed by atoms with E-state index in [2.05, 4.69) is 20.6 Å². The fraction of sp³-hybridized carbons (Fsp3) is 0.167. The summed E-state index contributed by atoms with van der Waals surface area (Å²) in [6.07, 6.45) is 0. The Morgan fingerprint density at radius 1 is 1.22 bits per heavy atom. The smallest absolute Gasteiger partial charge is 0.278 e. The van der Waals surface area contributed by atoms with Gasteiger partial charge in [-0.1, -0.05) is 17.3 Å². The van der Waals surface area contributed by atoms with Gasteiger partial charge in [0.05, 0.1) is 27.5 Å². The molecule has 4 rings (SSSR count). The molecule has 3 aromatic heterocycles. The first-order valence-electron chi connectivity index (χ1n) is 8.20. The number of nitrogens with one attached hydrogen (secondary N) is 1. The van der Waals surface area contributed by atoms with Gasteiger partial charge >= 0.3 is 0 Å². The summed E-state index contributed by atoms with van der Waals surface area (Å²) in [5, 5.41) is 14.1. The lowest BCUT2D eigenvalue weighted by molar-refractivity contribution is -0.122. The number of thiazole rings is 1. The van der Waals surface area contributed by atoms with E-state index in [1.807, 2.05) is 24.4 Å². The van der Waals surface area contributed by atoms with E-state index < -0.39 is 0 Å². The zero-order valence-corrected chi connectivity index (χ0v) is 16.0. The number of carbonyl (C=O) groups is 1. The maximum Gasteiger partial charge on any atom is 0.278 e. The number of aryl methyl sites for hydroxylation is 1. The molecule has 0 fully saturated rings. The van der Waals surface area contributed by atoms with Crippen molar-refractivity contribution in [1.82, 2.24) is 25.3 Å². The van der Waals surface area contributed by atoms with Crippen LogP contribution >= 0.6 is 22.7 Å². The quantitative estimate of drug-likeness (QED) is 0.559. The summed E-state index contributed by atoms with van der Waals surface area (Å²) in [5.74, 6) is -0.291. The van der Waals surface area contributed by atoms with E-state index in [-0.39, 0.29) is 18.0 Å². The fourth-order valence-electron chi connectivity index (χ4n) is 2.59. The molecule has 0 bridgehead atoms. The van der Waals surface area contributed by atoms with E-state index in [0.29, 0.717) is 17.4 Å². The van der Waals surface area contributed by atoms with E-state index in [4.69, 9.17) is 0 Å². The average molecular weight is 397 g/mol. The van der Waals surface area contributed by atoms with Gasteiger partial charge in [-0.25, -0.2) is 9.67 Å². The van der Waals surface area contributed by atoms with Gasteiger partial charge in [-0.05, 0) is 31.2 Å². The van der Waals surface area contributed by atoms with Gasteiger partial charge in [-0.3, -0.25) is 9.59 Å². The standard InChI is InChI=1S/C18H15N5O2S2/c1-11-20-15(10-26-11)16-7-6-12(27-16)8-19-17(24)9-23-18(25)13-4-2-3-5-14(13)21-22-23/h2-7,10H,8-9H2,1H3,(H,19,24). The van der Waals surface area contributed by atoms with Gasteiger partial charge < -0.3 is 5.32 Å². The molecule has 1 aromatic carbocycles. The number of rotatable bonds is 5. The van der Waals surface area contributed by atoms with E-state index in [1.54, 1.807) is 46.9 Å². The van der Waals surface area contributed by atoms with Crippen molar-refractivity contribution in [3.63, 3.8) is 0 Å². The van der Waals surface area contributed by atoms with Crippen LogP contribution in [0.2, 0.25) is 0 Å². The fourth-order valence-corrected chi connectivity index (χ4v) is 4.19. The van der Waals surface area contributed by atoms with Gasteiger partial charge in [0.15, 0.2) is 0 Å². The highest BCUT2D eigenvalue weighted by Crippen LogP contribution is 2.28. The van der Waals surface area contributed by atoms with Crippen LogP contribution in [0.25, 0.3) is 21.5 Å². The zero-order chi connectivity index (χ0) is 18.8. The highest BCUT2D eigenvalue weighted by atomic mass is 32.1. The highest BCUT2D eigenvalue weighted by Gasteiger charge is 2.11. The SMILES string of the molecule is Cc1nc(-c2ccc(CNC(=O)Cn3nnc4ccccc4c3=O)s2)cs1. The highest BCUT2D eigenvalue weighted by molar-refractivity contribution is 7.16. The Balaban J connectivity index is 1.41. The second kappa shape index (κ2) is 7.37. The predicted octanol–water partition coefficient (Wildman–Crippen LogP) is 2.60. The van der Waals surface area contributed by atoms with Crippen LogP contribution in [0.5, 0.6) is 0 Å². The van der Waals surface area contributed by atoms with E-state index in [0.717, 1.165) is 25.1 Å². The lowest BCUT2D eigenvalue weighted by atomic mass is 10.2. The Hall–Kier alpha value is -2.91. The third-order valence-corrected chi connectivity index (χ3v) is 5.80. The lowest BCUT2D eigenvalue weighted by Gasteiger charge is -2.05. The van der Waals surface area contributed by atoms with Crippen molar-refractivity contribution >= 4 is 39.5 Å². The number of aromatic nitrogens is 4. The van der Waals surface area contributed by atoms with Crippen LogP contribution in [0.15, 0.2) is 46.6 Å². The first-order valence-corrected chi connectivity index (χ1v) is 9.90. The van der Waals surface area contributed by atoms with Crippen molar-refractivity contribution in [2.75, 3.05) is 0 Å². The average Bonchev–Trinajstić information content (AvgIpc) is 3.31. The molecule has 0 unspecified atom stereocenters. The summed E-state index contributed by atoms with van der Waals surface area (Å²) < 4.78 is 1.08. The molecule has 0 spiro atoms. The molecule has 0 saturated heterocycles. The summed E-state index contributed by atoms with van der Waals surface area (Å²) in [6, 6.07) is 10.9. The molecule has 27 heavy (non-hydrogen) atoms. The van der Waals surface area contributed by atoms with Crippen LogP contribution in [0.4, 0.5) is 0 Å². The summed E-state index contributed by atoms with van der Waals surface area (Å²) in [6.45, 7) is 2.20. The van der Waals surface area contributed by atoms with Crippen molar-refractivity contribution < 1.29 is 4.79 Å². The van der Waals surface area contributed by atoms with Gasteiger partial charge in [-0.2, -0.15) is 0 Å². The van der Waals surface area contributed by atoms with Crippen LogP contribution in [0.3, 0.4) is 0 Å². The maximum atomic E-state index is 12.4. The number of hydrogen-bond acceptors (Lipinski definition) is 7. The molecule has 0 aliphatic heterocycles. The Kier molecular flexibility index (Phi) is 4.78.